The average molecular weight is 503 g/mol. The summed E-state index contributed by atoms with van der Waals surface area (Å²) in [6.45, 7) is 2.41. The van der Waals surface area contributed by atoms with Crippen LogP contribution >= 0.6 is 0 Å². The third-order valence-corrected chi connectivity index (χ3v) is 12.2. The lowest BCUT2D eigenvalue weighted by molar-refractivity contribution is -0.0603. The first-order valence-corrected chi connectivity index (χ1v) is 16.4. The van der Waals surface area contributed by atoms with Crippen LogP contribution in [0.2, 0.25) is 0 Å². The molecular formula is C33H58O3. The maximum Gasteiger partial charge on any atom is 0.0600 e. The van der Waals surface area contributed by atoms with E-state index < -0.39 is 0 Å². The summed E-state index contributed by atoms with van der Waals surface area (Å²) in [5.74, 6) is 6.73. The first-order chi connectivity index (χ1) is 17.5. The van der Waals surface area contributed by atoms with E-state index in [0.29, 0.717) is 29.8 Å². The number of aliphatic hydroxyl groups is 2. The molecule has 36 heavy (non-hydrogen) atoms. The Hall–Kier alpha value is -0.120. The van der Waals surface area contributed by atoms with Gasteiger partial charge in [-0.25, -0.2) is 0 Å². The van der Waals surface area contributed by atoms with Gasteiger partial charge in [-0.05, 0) is 124 Å². The number of hydrogen-bond acceptors (Lipinski definition) is 3. The van der Waals surface area contributed by atoms with Gasteiger partial charge in [-0.15, -0.1) is 0 Å². The SMILES string of the molecule is COC1CCC(C2CC2C)CC1C[C@@H](O)CCC1CCCC2C(O)C(CCC3CCCCC3)CCC12. The van der Waals surface area contributed by atoms with Gasteiger partial charge in [0.05, 0.1) is 18.3 Å². The highest BCUT2D eigenvalue weighted by Crippen LogP contribution is 2.51. The van der Waals surface area contributed by atoms with Crippen LogP contribution in [0.4, 0.5) is 0 Å². The molecule has 11 atom stereocenters. The lowest BCUT2D eigenvalue weighted by Crippen LogP contribution is -2.44. The minimum atomic E-state index is -0.180. The molecule has 208 valence electrons. The second kappa shape index (κ2) is 12.8. The zero-order valence-electron chi connectivity index (χ0n) is 23.7. The summed E-state index contributed by atoms with van der Waals surface area (Å²) >= 11 is 0. The van der Waals surface area contributed by atoms with Crippen molar-refractivity contribution in [2.24, 2.45) is 53.3 Å². The Morgan fingerprint density at radius 2 is 1.53 bits per heavy atom. The van der Waals surface area contributed by atoms with Gasteiger partial charge < -0.3 is 14.9 Å². The highest BCUT2D eigenvalue weighted by molar-refractivity contribution is 4.95. The van der Waals surface area contributed by atoms with Crippen LogP contribution in [0.25, 0.3) is 0 Å². The second-order valence-electron chi connectivity index (χ2n) is 14.4. The molecule has 3 heteroatoms. The number of hydrogen-bond donors (Lipinski definition) is 2. The Balaban J connectivity index is 1.07. The fourth-order valence-corrected chi connectivity index (χ4v) is 9.89. The third kappa shape index (κ3) is 6.71. The molecule has 0 aromatic carbocycles. The summed E-state index contributed by atoms with van der Waals surface area (Å²) < 4.78 is 5.89. The maximum atomic E-state index is 11.4. The highest BCUT2D eigenvalue weighted by Gasteiger charge is 2.45. The fraction of sp³-hybridized carbons (Fsp3) is 1.00. The summed E-state index contributed by atoms with van der Waals surface area (Å²) in [6, 6.07) is 0. The van der Waals surface area contributed by atoms with Gasteiger partial charge in [0.1, 0.15) is 0 Å². The molecule has 5 aliphatic carbocycles. The van der Waals surface area contributed by atoms with E-state index >= 15 is 0 Å². The van der Waals surface area contributed by atoms with Crippen LogP contribution in [0.15, 0.2) is 0 Å². The molecule has 3 nitrogen and oxygen atoms in total. The van der Waals surface area contributed by atoms with Crippen molar-refractivity contribution in [3.8, 4) is 0 Å². The lowest BCUT2D eigenvalue weighted by Gasteiger charge is -2.47. The van der Waals surface area contributed by atoms with E-state index in [-0.39, 0.29) is 12.2 Å². The summed E-state index contributed by atoms with van der Waals surface area (Å²) in [4.78, 5) is 0. The van der Waals surface area contributed by atoms with E-state index in [1.165, 1.54) is 103 Å². The molecule has 0 aromatic rings. The van der Waals surface area contributed by atoms with Crippen LogP contribution < -0.4 is 0 Å². The molecule has 0 radical (unpaired) electrons. The quantitative estimate of drug-likeness (QED) is 0.321. The van der Waals surface area contributed by atoms with Crippen molar-refractivity contribution in [1.82, 2.24) is 0 Å². The predicted molar refractivity (Wildman–Crippen MR) is 148 cm³/mol. The van der Waals surface area contributed by atoms with Crippen LogP contribution in [-0.2, 0) is 4.74 Å². The molecule has 5 saturated carbocycles. The highest BCUT2D eigenvalue weighted by atomic mass is 16.5. The number of rotatable bonds is 10. The Morgan fingerprint density at radius 1 is 0.722 bits per heavy atom. The van der Waals surface area contributed by atoms with Gasteiger partial charge in [-0.2, -0.15) is 0 Å². The fourth-order valence-electron chi connectivity index (χ4n) is 9.89. The summed E-state index contributed by atoms with van der Waals surface area (Å²) in [6.07, 6.45) is 24.6. The third-order valence-electron chi connectivity index (χ3n) is 12.2. The minimum Gasteiger partial charge on any atom is -0.393 e. The number of ether oxygens (including phenoxy) is 1. The van der Waals surface area contributed by atoms with E-state index in [4.69, 9.17) is 4.74 Å². The molecule has 0 saturated heterocycles. The molecule has 0 heterocycles. The van der Waals surface area contributed by atoms with Gasteiger partial charge >= 0.3 is 0 Å². The molecule has 5 aliphatic rings. The van der Waals surface area contributed by atoms with Crippen LogP contribution in [0.5, 0.6) is 0 Å². The Bertz CT molecular complexity index is 659. The Labute approximate surface area is 222 Å². The molecular weight excluding hydrogens is 444 g/mol. The van der Waals surface area contributed by atoms with Crippen LogP contribution in [0.1, 0.15) is 129 Å². The van der Waals surface area contributed by atoms with Crippen LogP contribution in [-0.4, -0.2) is 35.6 Å². The van der Waals surface area contributed by atoms with Crippen LogP contribution in [0, 0.1) is 53.3 Å². The number of methoxy groups -OCH3 is 1. The number of aliphatic hydroxyl groups excluding tert-OH is 2. The van der Waals surface area contributed by atoms with Crippen molar-refractivity contribution in [2.45, 2.75) is 147 Å². The first kappa shape index (κ1) is 27.4. The average Bonchev–Trinajstić information content (AvgIpc) is 3.64. The van der Waals surface area contributed by atoms with E-state index in [0.717, 1.165) is 48.9 Å². The van der Waals surface area contributed by atoms with Crippen molar-refractivity contribution in [3.05, 3.63) is 0 Å². The van der Waals surface area contributed by atoms with Gasteiger partial charge in [0, 0.05) is 7.11 Å². The molecule has 10 unspecified atom stereocenters. The Morgan fingerprint density at radius 3 is 2.28 bits per heavy atom. The molecule has 5 rings (SSSR count). The van der Waals surface area contributed by atoms with Crippen LogP contribution in [0.3, 0.4) is 0 Å². The zero-order valence-corrected chi connectivity index (χ0v) is 23.7. The van der Waals surface area contributed by atoms with E-state index in [1.54, 1.807) is 0 Å². The molecule has 2 N–H and O–H groups in total. The Kier molecular flexibility index (Phi) is 9.78. The minimum absolute atomic E-state index is 0.0634. The van der Waals surface area contributed by atoms with Gasteiger partial charge in [0.15, 0.2) is 0 Å². The summed E-state index contributed by atoms with van der Waals surface area (Å²) in [5.41, 5.74) is 0. The van der Waals surface area contributed by atoms with Gasteiger partial charge in [0.2, 0.25) is 0 Å². The van der Waals surface area contributed by atoms with Gasteiger partial charge in [0.25, 0.3) is 0 Å². The second-order valence-corrected chi connectivity index (χ2v) is 14.4. The topological polar surface area (TPSA) is 49.7 Å². The molecule has 0 spiro atoms. The van der Waals surface area contributed by atoms with Crippen molar-refractivity contribution in [3.63, 3.8) is 0 Å². The van der Waals surface area contributed by atoms with Crippen molar-refractivity contribution < 1.29 is 14.9 Å². The van der Waals surface area contributed by atoms with Crippen molar-refractivity contribution in [2.75, 3.05) is 7.11 Å². The lowest BCUT2D eigenvalue weighted by atomic mass is 9.60. The largest absolute Gasteiger partial charge is 0.393 e. The maximum absolute atomic E-state index is 11.4. The molecule has 0 aliphatic heterocycles. The van der Waals surface area contributed by atoms with E-state index in [1.807, 2.05) is 7.11 Å². The predicted octanol–water partition coefficient (Wildman–Crippen LogP) is 7.77. The van der Waals surface area contributed by atoms with Gasteiger partial charge in [-0.3, -0.25) is 0 Å². The van der Waals surface area contributed by atoms with E-state index in [9.17, 15) is 10.2 Å². The summed E-state index contributed by atoms with van der Waals surface area (Å²) in [5, 5.41) is 22.5. The normalized spacial score (nSPS) is 44.7. The smallest absolute Gasteiger partial charge is 0.0600 e. The van der Waals surface area contributed by atoms with Crippen molar-refractivity contribution >= 4 is 0 Å². The van der Waals surface area contributed by atoms with Crippen molar-refractivity contribution in [1.29, 1.82) is 0 Å². The summed E-state index contributed by atoms with van der Waals surface area (Å²) in [7, 11) is 1.88. The molecule has 0 bridgehead atoms. The molecule has 5 fully saturated rings. The monoisotopic (exact) mass is 502 g/mol. The number of fused-ring (bicyclic) bond motifs is 1. The van der Waals surface area contributed by atoms with Gasteiger partial charge in [-0.1, -0.05) is 58.3 Å². The zero-order chi connectivity index (χ0) is 25.1. The first-order valence-electron chi connectivity index (χ1n) is 16.4. The standard InChI is InChI=1S/C33H58O3/c1-22-19-31(22)26-15-18-32(36-2)27(20-26)21-28(34)16-13-24-9-6-10-30-29(24)17-14-25(33(30)35)12-11-23-7-4-3-5-8-23/h22-35H,3-21H2,1-2H3/t22?,24?,25?,26?,27?,28-,29?,30?,31?,32?,33?/m0/s1. The van der Waals surface area contributed by atoms with E-state index in [2.05, 4.69) is 6.92 Å². The molecule has 0 aromatic heterocycles. The molecule has 0 amide bonds.